The highest BCUT2D eigenvalue weighted by atomic mass is 31.2. The van der Waals surface area contributed by atoms with Crippen LogP contribution in [-0.2, 0) is 32.7 Å². The number of carbonyl (C=O) groups is 2. The van der Waals surface area contributed by atoms with E-state index in [2.05, 4.69) is 32.1 Å². The van der Waals surface area contributed by atoms with Crippen molar-refractivity contribution in [1.82, 2.24) is 0 Å². The molecule has 4 atom stereocenters. The van der Waals surface area contributed by atoms with Gasteiger partial charge in [0.25, 0.3) is 0 Å². The summed E-state index contributed by atoms with van der Waals surface area (Å²) in [6.07, 6.45) is 40.2. The third-order valence-electron chi connectivity index (χ3n) is 9.07. The first kappa shape index (κ1) is 54.6. The molecule has 0 fully saturated rings. The standard InChI is InChI=1S/C45H80NO10P/c1-3-5-7-9-11-12-13-14-15-16-17-18-19-20-21-23-29-35-44(49)53-39-43(40-55-57(51,52)54-38-37-46)56-45(50)36-30-34-42(48)33-28-25-24-27-32-41(47)31-26-22-10-8-6-4-2/h14-15,22,24-28,32-33,41-43,47-48H,3-13,16-21,23,29-31,34-40,46H2,1-2H3,(H,51,52)/b15-14-,25-24+,26-22-,32-27+,33-28-/t41-,42-,43+/m0/s1. The Bertz CT molecular complexity index is 1150. The number of phosphoric ester groups is 1. The monoisotopic (exact) mass is 826 g/mol. The zero-order valence-electron chi connectivity index (χ0n) is 35.5. The predicted molar refractivity (Wildman–Crippen MR) is 231 cm³/mol. The van der Waals surface area contributed by atoms with Gasteiger partial charge < -0.3 is 30.3 Å². The third kappa shape index (κ3) is 40.2. The number of rotatable bonds is 40. The highest BCUT2D eigenvalue weighted by Gasteiger charge is 2.26. The van der Waals surface area contributed by atoms with Crippen molar-refractivity contribution in [2.45, 2.75) is 186 Å². The summed E-state index contributed by atoms with van der Waals surface area (Å²) in [6.45, 7) is 3.37. The van der Waals surface area contributed by atoms with Gasteiger partial charge in [-0.2, -0.15) is 0 Å². The van der Waals surface area contributed by atoms with E-state index in [4.69, 9.17) is 24.3 Å². The summed E-state index contributed by atoms with van der Waals surface area (Å²) in [5.74, 6) is -1.08. The largest absolute Gasteiger partial charge is 0.472 e. The van der Waals surface area contributed by atoms with E-state index in [0.717, 1.165) is 32.1 Å². The first-order valence-corrected chi connectivity index (χ1v) is 23.5. The van der Waals surface area contributed by atoms with Gasteiger partial charge in [-0.05, 0) is 64.2 Å². The maximum Gasteiger partial charge on any atom is 0.472 e. The summed E-state index contributed by atoms with van der Waals surface area (Å²) in [6, 6.07) is 0. The van der Waals surface area contributed by atoms with Crippen molar-refractivity contribution in [2.75, 3.05) is 26.4 Å². The molecule has 57 heavy (non-hydrogen) atoms. The van der Waals surface area contributed by atoms with Gasteiger partial charge in [-0.25, -0.2) is 4.57 Å². The molecule has 0 rings (SSSR count). The topological polar surface area (TPSA) is 175 Å². The molecule has 0 aliphatic rings. The minimum Gasteiger partial charge on any atom is -0.462 e. The fourth-order valence-electron chi connectivity index (χ4n) is 5.70. The van der Waals surface area contributed by atoms with Crippen molar-refractivity contribution in [2.24, 2.45) is 5.73 Å². The van der Waals surface area contributed by atoms with E-state index in [0.29, 0.717) is 25.7 Å². The average Bonchev–Trinajstić information content (AvgIpc) is 3.19. The molecule has 0 amide bonds. The number of allylic oxidation sites excluding steroid dienone is 7. The Morgan fingerprint density at radius 2 is 1.12 bits per heavy atom. The number of aliphatic hydroxyl groups excluding tert-OH is 2. The van der Waals surface area contributed by atoms with Crippen molar-refractivity contribution >= 4 is 19.8 Å². The van der Waals surface area contributed by atoms with Crippen LogP contribution in [0.3, 0.4) is 0 Å². The fourth-order valence-corrected chi connectivity index (χ4v) is 6.47. The Balaban J connectivity index is 4.42. The molecular weight excluding hydrogens is 745 g/mol. The van der Waals surface area contributed by atoms with Crippen LogP contribution >= 0.6 is 7.82 Å². The summed E-state index contributed by atoms with van der Waals surface area (Å²) in [5, 5.41) is 20.3. The molecule has 0 radical (unpaired) electrons. The lowest BCUT2D eigenvalue weighted by atomic mass is 10.1. The number of esters is 2. The maximum absolute atomic E-state index is 12.6. The SMILES string of the molecule is CCCCC/C=C\C[C@H](O)/C=C/C=C/C=C\[C@H](O)CCCC(=O)O[C@H](COC(=O)CCCCCCCCC/C=C\CCCCCCCC)COP(=O)(O)OCCN. The molecule has 1 unspecified atom stereocenters. The molecule has 0 spiro atoms. The van der Waals surface area contributed by atoms with Gasteiger partial charge in [0.2, 0.25) is 0 Å². The zero-order chi connectivity index (χ0) is 42.1. The van der Waals surface area contributed by atoms with E-state index < -0.39 is 44.7 Å². The van der Waals surface area contributed by atoms with Gasteiger partial charge in [-0.1, -0.05) is 152 Å². The van der Waals surface area contributed by atoms with Crippen LogP contribution < -0.4 is 5.73 Å². The van der Waals surface area contributed by atoms with E-state index in [1.165, 1.54) is 83.5 Å². The third-order valence-corrected chi connectivity index (χ3v) is 10.1. The average molecular weight is 826 g/mol. The quantitative estimate of drug-likeness (QED) is 0.0152. The molecule has 0 aliphatic carbocycles. The number of hydrogen-bond acceptors (Lipinski definition) is 10. The second-order valence-corrected chi connectivity index (χ2v) is 16.1. The van der Waals surface area contributed by atoms with Gasteiger partial charge in [-0.15, -0.1) is 0 Å². The molecule has 0 aromatic rings. The van der Waals surface area contributed by atoms with E-state index in [-0.39, 0.29) is 32.6 Å². The first-order valence-electron chi connectivity index (χ1n) is 22.0. The maximum atomic E-state index is 12.6. The Labute approximate surface area is 345 Å². The van der Waals surface area contributed by atoms with Crippen LogP contribution in [0.1, 0.15) is 168 Å². The minimum atomic E-state index is -4.45. The summed E-state index contributed by atoms with van der Waals surface area (Å²) < 4.78 is 32.6. The molecule has 11 nitrogen and oxygen atoms in total. The summed E-state index contributed by atoms with van der Waals surface area (Å²) in [4.78, 5) is 34.9. The number of hydrogen-bond donors (Lipinski definition) is 4. The molecule has 0 saturated carbocycles. The van der Waals surface area contributed by atoms with Crippen LogP contribution in [0, 0.1) is 0 Å². The van der Waals surface area contributed by atoms with Crippen molar-refractivity contribution in [1.29, 1.82) is 0 Å². The van der Waals surface area contributed by atoms with E-state index in [1.807, 2.05) is 6.08 Å². The Kier molecular flexibility index (Phi) is 38.7. The number of ether oxygens (including phenoxy) is 2. The molecule has 0 saturated heterocycles. The number of unbranched alkanes of at least 4 members (excludes halogenated alkanes) is 16. The van der Waals surface area contributed by atoms with Gasteiger partial charge in [0, 0.05) is 19.4 Å². The van der Waals surface area contributed by atoms with Crippen molar-refractivity contribution in [3.05, 3.63) is 60.8 Å². The molecule has 12 heteroatoms. The molecule has 0 heterocycles. The number of carbonyl (C=O) groups excluding carboxylic acids is 2. The van der Waals surface area contributed by atoms with Gasteiger partial charge in [-0.3, -0.25) is 18.6 Å². The lowest BCUT2D eigenvalue weighted by molar-refractivity contribution is -0.161. The molecule has 0 aromatic heterocycles. The second kappa shape index (κ2) is 40.4. The normalized spacial score (nSPS) is 15.0. The molecule has 0 bridgehead atoms. The second-order valence-electron chi connectivity index (χ2n) is 14.6. The highest BCUT2D eigenvalue weighted by molar-refractivity contribution is 7.47. The Hall–Kier alpha value is -2.37. The lowest BCUT2D eigenvalue weighted by Crippen LogP contribution is -2.29. The van der Waals surface area contributed by atoms with Crippen molar-refractivity contribution in [3.63, 3.8) is 0 Å². The van der Waals surface area contributed by atoms with Crippen LogP contribution in [0.2, 0.25) is 0 Å². The first-order chi connectivity index (χ1) is 27.6. The van der Waals surface area contributed by atoms with Crippen LogP contribution in [0.5, 0.6) is 0 Å². The molecule has 330 valence electrons. The van der Waals surface area contributed by atoms with Gasteiger partial charge in [0.1, 0.15) is 6.61 Å². The van der Waals surface area contributed by atoms with Crippen molar-refractivity contribution < 1.29 is 47.8 Å². The smallest absolute Gasteiger partial charge is 0.462 e. The molecular formula is C45H80NO10P. The Morgan fingerprint density at radius 1 is 0.614 bits per heavy atom. The molecule has 5 N–H and O–H groups in total. The lowest BCUT2D eigenvalue weighted by Gasteiger charge is -2.20. The summed E-state index contributed by atoms with van der Waals surface area (Å²) in [5.41, 5.74) is 5.33. The van der Waals surface area contributed by atoms with E-state index >= 15 is 0 Å². The number of nitrogens with two attached hydrogens (primary N) is 1. The summed E-state index contributed by atoms with van der Waals surface area (Å²) in [7, 11) is -4.45. The van der Waals surface area contributed by atoms with E-state index in [1.54, 1.807) is 36.5 Å². The van der Waals surface area contributed by atoms with Crippen LogP contribution in [0.25, 0.3) is 0 Å². The Morgan fingerprint density at radius 3 is 1.74 bits per heavy atom. The predicted octanol–water partition coefficient (Wildman–Crippen LogP) is 10.4. The van der Waals surface area contributed by atoms with Gasteiger partial charge in [0.05, 0.1) is 25.4 Å². The van der Waals surface area contributed by atoms with Crippen LogP contribution in [-0.4, -0.2) is 71.7 Å². The minimum absolute atomic E-state index is 0.0107. The van der Waals surface area contributed by atoms with Gasteiger partial charge in [0.15, 0.2) is 6.10 Å². The van der Waals surface area contributed by atoms with Gasteiger partial charge >= 0.3 is 19.8 Å². The number of aliphatic hydroxyl groups is 2. The summed E-state index contributed by atoms with van der Waals surface area (Å²) >= 11 is 0. The van der Waals surface area contributed by atoms with Crippen LogP contribution in [0.15, 0.2) is 60.8 Å². The number of phosphoric acid groups is 1. The molecule has 0 aromatic carbocycles. The zero-order valence-corrected chi connectivity index (χ0v) is 36.4. The fraction of sp³-hybridized carbons (Fsp3) is 0.733. The van der Waals surface area contributed by atoms with E-state index in [9.17, 15) is 29.3 Å². The highest BCUT2D eigenvalue weighted by Crippen LogP contribution is 2.43. The van der Waals surface area contributed by atoms with Crippen LogP contribution in [0.4, 0.5) is 0 Å². The van der Waals surface area contributed by atoms with Crippen molar-refractivity contribution in [3.8, 4) is 0 Å². The molecule has 0 aliphatic heterocycles.